The highest BCUT2D eigenvalue weighted by molar-refractivity contribution is 6.31. The standard InChI is InChI=1S/C12H12ClNO2/c1-8-4-10(7-16-8)12(15)5-9-2-3-14-6-11(9)13/h2-4,6-7,12,15H,5H2,1H3. The van der Waals surface area contributed by atoms with Crippen LogP contribution in [0.15, 0.2) is 35.2 Å². The first-order valence-electron chi connectivity index (χ1n) is 4.98. The highest BCUT2D eigenvalue weighted by atomic mass is 35.5. The fourth-order valence-electron chi connectivity index (χ4n) is 1.53. The SMILES string of the molecule is Cc1cc(C(O)Cc2ccncc2Cl)co1. The molecule has 1 atom stereocenters. The number of nitrogens with zero attached hydrogens (tertiary/aromatic N) is 1. The van der Waals surface area contributed by atoms with Gasteiger partial charge < -0.3 is 9.52 Å². The van der Waals surface area contributed by atoms with Gasteiger partial charge in [-0.05, 0) is 24.6 Å². The highest BCUT2D eigenvalue weighted by Gasteiger charge is 2.12. The van der Waals surface area contributed by atoms with Crippen molar-refractivity contribution in [1.29, 1.82) is 0 Å². The molecule has 0 saturated carbocycles. The van der Waals surface area contributed by atoms with Gasteiger partial charge in [-0.2, -0.15) is 0 Å². The molecule has 0 amide bonds. The van der Waals surface area contributed by atoms with E-state index in [1.54, 1.807) is 24.7 Å². The topological polar surface area (TPSA) is 46.3 Å². The average molecular weight is 238 g/mol. The van der Waals surface area contributed by atoms with Gasteiger partial charge in [0, 0.05) is 24.4 Å². The molecule has 0 radical (unpaired) electrons. The Morgan fingerprint density at radius 1 is 1.56 bits per heavy atom. The molecular weight excluding hydrogens is 226 g/mol. The van der Waals surface area contributed by atoms with Crippen LogP contribution in [0.1, 0.15) is 23.0 Å². The lowest BCUT2D eigenvalue weighted by Gasteiger charge is -2.09. The molecule has 1 unspecified atom stereocenters. The fraction of sp³-hybridized carbons (Fsp3) is 0.250. The van der Waals surface area contributed by atoms with Crippen molar-refractivity contribution < 1.29 is 9.52 Å². The van der Waals surface area contributed by atoms with E-state index >= 15 is 0 Å². The normalized spacial score (nSPS) is 12.7. The molecule has 0 spiro atoms. The zero-order valence-corrected chi connectivity index (χ0v) is 9.61. The van der Waals surface area contributed by atoms with Gasteiger partial charge in [0.05, 0.1) is 17.4 Å². The van der Waals surface area contributed by atoms with E-state index in [2.05, 4.69) is 4.98 Å². The summed E-state index contributed by atoms with van der Waals surface area (Å²) in [5.74, 6) is 0.787. The van der Waals surface area contributed by atoms with Crippen LogP contribution in [0.3, 0.4) is 0 Å². The number of aromatic nitrogens is 1. The second-order valence-corrected chi connectivity index (χ2v) is 4.08. The maximum absolute atomic E-state index is 9.97. The minimum atomic E-state index is -0.600. The van der Waals surface area contributed by atoms with E-state index in [0.717, 1.165) is 16.9 Å². The van der Waals surface area contributed by atoms with Gasteiger partial charge in [0.1, 0.15) is 5.76 Å². The van der Waals surface area contributed by atoms with E-state index in [1.807, 2.05) is 13.0 Å². The van der Waals surface area contributed by atoms with Gasteiger partial charge in [-0.15, -0.1) is 0 Å². The van der Waals surface area contributed by atoms with Gasteiger partial charge in [0.25, 0.3) is 0 Å². The van der Waals surface area contributed by atoms with Gasteiger partial charge in [-0.1, -0.05) is 11.6 Å². The zero-order chi connectivity index (χ0) is 11.5. The Balaban J connectivity index is 2.13. The Hall–Kier alpha value is -1.32. The second kappa shape index (κ2) is 4.68. The van der Waals surface area contributed by atoms with Gasteiger partial charge in [-0.25, -0.2) is 0 Å². The second-order valence-electron chi connectivity index (χ2n) is 3.68. The van der Waals surface area contributed by atoms with Crippen molar-refractivity contribution in [3.8, 4) is 0 Å². The number of aliphatic hydroxyl groups is 1. The Morgan fingerprint density at radius 2 is 2.38 bits per heavy atom. The summed E-state index contributed by atoms with van der Waals surface area (Å²) >= 11 is 5.96. The van der Waals surface area contributed by atoms with E-state index in [-0.39, 0.29) is 0 Å². The van der Waals surface area contributed by atoms with Crippen molar-refractivity contribution in [2.75, 3.05) is 0 Å². The molecule has 1 N–H and O–H groups in total. The summed E-state index contributed by atoms with van der Waals surface area (Å²) in [7, 11) is 0. The predicted octanol–water partition coefficient (Wildman–Crippen LogP) is 2.91. The van der Waals surface area contributed by atoms with Gasteiger partial charge in [0.15, 0.2) is 0 Å². The maximum Gasteiger partial charge on any atom is 0.101 e. The molecule has 4 heteroatoms. The number of aliphatic hydroxyl groups excluding tert-OH is 1. The predicted molar refractivity (Wildman–Crippen MR) is 61.4 cm³/mol. The first-order chi connectivity index (χ1) is 7.66. The molecule has 0 aliphatic rings. The average Bonchev–Trinajstić information content (AvgIpc) is 2.68. The van der Waals surface area contributed by atoms with Crippen LogP contribution in [0.2, 0.25) is 5.02 Å². The quantitative estimate of drug-likeness (QED) is 0.893. The van der Waals surface area contributed by atoms with E-state index < -0.39 is 6.10 Å². The number of rotatable bonds is 3. The van der Waals surface area contributed by atoms with E-state index in [9.17, 15) is 5.11 Å². The molecule has 3 nitrogen and oxygen atoms in total. The molecule has 16 heavy (non-hydrogen) atoms. The van der Waals surface area contributed by atoms with E-state index in [0.29, 0.717) is 11.4 Å². The van der Waals surface area contributed by atoms with Crippen molar-refractivity contribution in [3.05, 3.63) is 52.7 Å². The molecule has 0 aromatic carbocycles. The van der Waals surface area contributed by atoms with Crippen molar-refractivity contribution in [3.63, 3.8) is 0 Å². The summed E-state index contributed by atoms with van der Waals surface area (Å²) < 4.78 is 5.15. The Labute approximate surface area is 98.7 Å². The van der Waals surface area contributed by atoms with Crippen LogP contribution < -0.4 is 0 Å². The lowest BCUT2D eigenvalue weighted by atomic mass is 10.0. The summed E-state index contributed by atoms with van der Waals surface area (Å²) in [6.45, 7) is 1.84. The first-order valence-corrected chi connectivity index (χ1v) is 5.36. The summed E-state index contributed by atoms with van der Waals surface area (Å²) in [4.78, 5) is 3.90. The Kier molecular flexibility index (Phi) is 3.27. The summed E-state index contributed by atoms with van der Waals surface area (Å²) in [5.41, 5.74) is 1.65. The third-order valence-corrected chi connectivity index (χ3v) is 2.75. The van der Waals surface area contributed by atoms with Crippen molar-refractivity contribution >= 4 is 11.6 Å². The monoisotopic (exact) mass is 237 g/mol. The first kappa shape index (κ1) is 11.2. The van der Waals surface area contributed by atoms with E-state index in [1.165, 1.54) is 0 Å². The van der Waals surface area contributed by atoms with Crippen LogP contribution >= 0.6 is 11.6 Å². The smallest absolute Gasteiger partial charge is 0.101 e. The molecule has 2 aromatic heterocycles. The molecule has 2 rings (SSSR count). The molecule has 0 aliphatic carbocycles. The molecule has 0 bridgehead atoms. The lowest BCUT2D eigenvalue weighted by Crippen LogP contribution is -2.01. The molecule has 0 saturated heterocycles. The molecule has 0 aliphatic heterocycles. The van der Waals surface area contributed by atoms with Crippen molar-refractivity contribution in [1.82, 2.24) is 4.98 Å². The number of hydrogen-bond acceptors (Lipinski definition) is 3. The number of furan rings is 1. The van der Waals surface area contributed by atoms with Gasteiger partial charge in [0.2, 0.25) is 0 Å². The molecule has 2 heterocycles. The fourth-order valence-corrected chi connectivity index (χ4v) is 1.73. The van der Waals surface area contributed by atoms with Gasteiger partial charge >= 0.3 is 0 Å². The summed E-state index contributed by atoms with van der Waals surface area (Å²) in [6.07, 6.45) is 4.66. The Bertz CT molecular complexity index is 481. The highest BCUT2D eigenvalue weighted by Crippen LogP contribution is 2.23. The zero-order valence-electron chi connectivity index (χ0n) is 8.85. The number of aryl methyl sites for hydroxylation is 1. The third-order valence-electron chi connectivity index (χ3n) is 2.41. The minimum Gasteiger partial charge on any atom is -0.469 e. The molecular formula is C12H12ClNO2. The molecule has 2 aromatic rings. The number of hydrogen-bond donors (Lipinski definition) is 1. The van der Waals surface area contributed by atoms with Crippen molar-refractivity contribution in [2.24, 2.45) is 0 Å². The Morgan fingerprint density at radius 3 is 3.00 bits per heavy atom. The van der Waals surface area contributed by atoms with Crippen LogP contribution in [-0.4, -0.2) is 10.1 Å². The number of halogens is 1. The lowest BCUT2D eigenvalue weighted by molar-refractivity contribution is 0.177. The molecule has 0 fully saturated rings. The molecule has 84 valence electrons. The van der Waals surface area contributed by atoms with Crippen LogP contribution in [0.5, 0.6) is 0 Å². The summed E-state index contributed by atoms with van der Waals surface area (Å²) in [6, 6.07) is 3.62. The van der Waals surface area contributed by atoms with Crippen LogP contribution in [-0.2, 0) is 6.42 Å². The third kappa shape index (κ3) is 2.43. The van der Waals surface area contributed by atoms with Gasteiger partial charge in [-0.3, -0.25) is 4.98 Å². The minimum absolute atomic E-state index is 0.459. The largest absolute Gasteiger partial charge is 0.469 e. The summed E-state index contributed by atoms with van der Waals surface area (Å²) in [5, 5.41) is 10.5. The van der Waals surface area contributed by atoms with Crippen molar-refractivity contribution in [2.45, 2.75) is 19.4 Å². The van der Waals surface area contributed by atoms with Crippen LogP contribution in [0, 0.1) is 6.92 Å². The van der Waals surface area contributed by atoms with Crippen LogP contribution in [0.4, 0.5) is 0 Å². The maximum atomic E-state index is 9.97. The number of pyridine rings is 1. The van der Waals surface area contributed by atoms with E-state index in [4.69, 9.17) is 16.0 Å². The van der Waals surface area contributed by atoms with Crippen LogP contribution in [0.25, 0.3) is 0 Å².